The van der Waals surface area contributed by atoms with E-state index in [2.05, 4.69) is 10.4 Å². The summed E-state index contributed by atoms with van der Waals surface area (Å²) < 4.78 is 1.51. The second-order valence-corrected chi connectivity index (χ2v) is 4.30. The zero-order valence-corrected chi connectivity index (χ0v) is 11.0. The summed E-state index contributed by atoms with van der Waals surface area (Å²) in [4.78, 5) is 22.2. The molecule has 0 radical (unpaired) electrons. The van der Waals surface area contributed by atoms with E-state index in [1.54, 1.807) is 26.1 Å². The van der Waals surface area contributed by atoms with Crippen molar-refractivity contribution < 1.29 is 14.7 Å². The second kappa shape index (κ2) is 5.04. The van der Waals surface area contributed by atoms with Crippen LogP contribution in [-0.4, -0.2) is 26.8 Å². The van der Waals surface area contributed by atoms with Gasteiger partial charge in [0.2, 0.25) is 0 Å². The van der Waals surface area contributed by atoms with Crippen molar-refractivity contribution in [1.29, 1.82) is 0 Å². The van der Waals surface area contributed by atoms with E-state index in [4.69, 9.17) is 10.8 Å². The van der Waals surface area contributed by atoms with Gasteiger partial charge in [-0.2, -0.15) is 5.10 Å². The lowest BCUT2D eigenvalue weighted by atomic mass is 10.2. The van der Waals surface area contributed by atoms with Crippen LogP contribution in [0.2, 0.25) is 0 Å². The third-order valence-electron chi connectivity index (χ3n) is 2.86. The molecular weight excluding hydrogens is 260 g/mol. The molecule has 1 heterocycles. The Hall–Kier alpha value is -2.83. The maximum atomic E-state index is 11.4. The standard InChI is InChI=1S/C13H14N4O3/c1-7-10(11(14)18)12(17(2)16-7)15-9-5-3-8(4-6-9)13(19)20/h3-6,15H,1-2H3,(H2,14,18)(H,19,20). The van der Waals surface area contributed by atoms with Gasteiger partial charge in [-0.05, 0) is 31.2 Å². The van der Waals surface area contributed by atoms with E-state index in [0.29, 0.717) is 22.8 Å². The van der Waals surface area contributed by atoms with Crippen LogP contribution >= 0.6 is 0 Å². The van der Waals surface area contributed by atoms with Gasteiger partial charge < -0.3 is 16.2 Å². The number of amides is 1. The van der Waals surface area contributed by atoms with Crippen LogP contribution in [0, 0.1) is 6.92 Å². The fourth-order valence-electron chi connectivity index (χ4n) is 1.93. The number of nitrogens with zero attached hydrogens (tertiary/aromatic N) is 2. The molecule has 7 nitrogen and oxygen atoms in total. The number of aromatic carboxylic acids is 1. The highest BCUT2D eigenvalue weighted by molar-refractivity contribution is 5.99. The van der Waals surface area contributed by atoms with Gasteiger partial charge in [0.05, 0.1) is 11.3 Å². The number of nitrogens with one attached hydrogen (secondary N) is 1. The Labute approximate surface area is 115 Å². The Balaban J connectivity index is 2.35. The van der Waals surface area contributed by atoms with Crippen molar-refractivity contribution in [1.82, 2.24) is 9.78 Å². The molecule has 0 aliphatic heterocycles. The number of primary amides is 1. The highest BCUT2D eigenvalue weighted by Gasteiger charge is 2.18. The average Bonchev–Trinajstić information content (AvgIpc) is 2.64. The Morgan fingerprint density at radius 3 is 2.40 bits per heavy atom. The van der Waals surface area contributed by atoms with Gasteiger partial charge >= 0.3 is 5.97 Å². The van der Waals surface area contributed by atoms with E-state index < -0.39 is 11.9 Å². The lowest BCUT2D eigenvalue weighted by Gasteiger charge is -2.08. The molecule has 2 rings (SSSR count). The summed E-state index contributed by atoms with van der Waals surface area (Å²) in [5.41, 5.74) is 7.01. The van der Waals surface area contributed by atoms with Crippen LogP contribution < -0.4 is 11.1 Å². The molecule has 1 amide bonds. The van der Waals surface area contributed by atoms with Crippen LogP contribution in [0.3, 0.4) is 0 Å². The number of aromatic nitrogens is 2. The largest absolute Gasteiger partial charge is 0.478 e. The number of rotatable bonds is 4. The SMILES string of the molecule is Cc1nn(C)c(Nc2ccc(C(=O)O)cc2)c1C(N)=O. The minimum Gasteiger partial charge on any atom is -0.478 e. The van der Waals surface area contributed by atoms with Crippen LogP contribution in [-0.2, 0) is 7.05 Å². The first kappa shape index (κ1) is 13.6. The molecular formula is C13H14N4O3. The number of carboxylic acid groups (broad SMARTS) is 1. The predicted molar refractivity (Wildman–Crippen MR) is 73.1 cm³/mol. The molecule has 0 atom stereocenters. The molecule has 0 aliphatic carbocycles. The smallest absolute Gasteiger partial charge is 0.335 e. The van der Waals surface area contributed by atoms with Crippen LogP contribution in [0.1, 0.15) is 26.4 Å². The van der Waals surface area contributed by atoms with Gasteiger partial charge in [0.1, 0.15) is 11.4 Å². The lowest BCUT2D eigenvalue weighted by Crippen LogP contribution is -2.14. The number of carbonyl (C=O) groups excluding carboxylic acids is 1. The fourth-order valence-corrected chi connectivity index (χ4v) is 1.93. The van der Waals surface area contributed by atoms with Gasteiger partial charge in [-0.1, -0.05) is 0 Å². The number of aryl methyl sites for hydroxylation is 2. The van der Waals surface area contributed by atoms with Crippen LogP contribution in [0.25, 0.3) is 0 Å². The molecule has 0 saturated carbocycles. The summed E-state index contributed by atoms with van der Waals surface area (Å²) >= 11 is 0. The van der Waals surface area contributed by atoms with E-state index in [9.17, 15) is 9.59 Å². The number of carboxylic acids is 1. The highest BCUT2D eigenvalue weighted by Crippen LogP contribution is 2.23. The van der Waals surface area contributed by atoms with Gasteiger partial charge in [0.15, 0.2) is 0 Å². The molecule has 104 valence electrons. The normalized spacial score (nSPS) is 10.3. The van der Waals surface area contributed by atoms with Gasteiger partial charge in [-0.25, -0.2) is 4.79 Å². The van der Waals surface area contributed by atoms with Crippen molar-refractivity contribution in [3.8, 4) is 0 Å². The molecule has 0 spiro atoms. The number of hydrogen-bond donors (Lipinski definition) is 3. The summed E-state index contributed by atoms with van der Waals surface area (Å²) in [7, 11) is 1.69. The van der Waals surface area contributed by atoms with Gasteiger partial charge in [-0.3, -0.25) is 9.48 Å². The zero-order valence-electron chi connectivity index (χ0n) is 11.0. The summed E-state index contributed by atoms with van der Waals surface area (Å²) in [6.45, 7) is 1.69. The van der Waals surface area contributed by atoms with Crippen LogP contribution in [0.15, 0.2) is 24.3 Å². The molecule has 0 aliphatic rings. The maximum Gasteiger partial charge on any atom is 0.335 e. The summed E-state index contributed by atoms with van der Waals surface area (Å²) in [5, 5.41) is 16.0. The number of anilines is 2. The van der Waals surface area contributed by atoms with Crippen molar-refractivity contribution in [2.45, 2.75) is 6.92 Å². The number of benzene rings is 1. The Kier molecular flexibility index (Phi) is 3.43. The van der Waals surface area contributed by atoms with Crippen molar-refractivity contribution in [3.05, 3.63) is 41.1 Å². The first-order valence-electron chi connectivity index (χ1n) is 5.84. The average molecular weight is 274 g/mol. The number of nitrogens with two attached hydrogens (primary N) is 1. The topological polar surface area (TPSA) is 110 Å². The monoisotopic (exact) mass is 274 g/mol. The van der Waals surface area contributed by atoms with E-state index in [-0.39, 0.29) is 5.56 Å². The molecule has 20 heavy (non-hydrogen) atoms. The first-order chi connectivity index (χ1) is 9.40. The predicted octanol–water partition coefficient (Wildman–Crippen LogP) is 1.27. The van der Waals surface area contributed by atoms with Gasteiger partial charge in [0.25, 0.3) is 5.91 Å². The molecule has 1 aromatic carbocycles. The Morgan fingerprint density at radius 1 is 1.30 bits per heavy atom. The zero-order chi connectivity index (χ0) is 14.9. The van der Waals surface area contributed by atoms with E-state index >= 15 is 0 Å². The molecule has 1 aromatic heterocycles. The molecule has 7 heteroatoms. The van der Waals surface area contributed by atoms with Crippen LogP contribution in [0.5, 0.6) is 0 Å². The minimum absolute atomic E-state index is 0.187. The minimum atomic E-state index is -0.995. The molecule has 0 saturated heterocycles. The fraction of sp³-hybridized carbons (Fsp3) is 0.154. The van der Waals surface area contributed by atoms with Crippen molar-refractivity contribution >= 4 is 23.4 Å². The Bertz CT molecular complexity index is 674. The Morgan fingerprint density at radius 2 is 1.90 bits per heavy atom. The lowest BCUT2D eigenvalue weighted by molar-refractivity contribution is 0.0696. The van der Waals surface area contributed by atoms with E-state index in [1.807, 2.05) is 0 Å². The first-order valence-corrected chi connectivity index (χ1v) is 5.84. The summed E-state index contributed by atoms with van der Waals surface area (Å²) in [6.07, 6.45) is 0. The maximum absolute atomic E-state index is 11.4. The molecule has 4 N–H and O–H groups in total. The van der Waals surface area contributed by atoms with Gasteiger partial charge in [-0.15, -0.1) is 0 Å². The molecule has 0 fully saturated rings. The second-order valence-electron chi connectivity index (χ2n) is 4.30. The van der Waals surface area contributed by atoms with E-state index in [1.165, 1.54) is 16.8 Å². The molecule has 0 bridgehead atoms. The highest BCUT2D eigenvalue weighted by atomic mass is 16.4. The summed E-state index contributed by atoms with van der Waals surface area (Å²) in [6, 6.07) is 6.16. The van der Waals surface area contributed by atoms with Crippen molar-refractivity contribution in [2.24, 2.45) is 12.8 Å². The van der Waals surface area contributed by atoms with E-state index in [0.717, 1.165) is 0 Å². The van der Waals surface area contributed by atoms with Crippen molar-refractivity contribution in [2.75, 3.05) is 5.32 Å². The quantitative estimate of drug-likeness (QED) is 0.777. The number of hydrogen-bond acceptors (Lipinski definition) is 4. The van der Waals surface area contributed by atoms with Gasteiger partial charge in [0, 0.05) is 12.7 Å². The van der Waals surface area contributed by atoms with Crippen LogP contribution in [0.4, 0.5) is 11.5 Å². The number of carbonyl (C=O) groups is 2. The third-order valence-corrected chi connectivity index (χ3v) is 2.86. The third kappa shape index (κ3) is 2.46. The summed E-state index contributed by atoms with van der Waals surface area (Å²) in [5.74, 6) is -1.09. The van der Waals surface area contributed by atoms with Crippen molar-refractivity contribution in [3.63, 3.8) is 0 Å². The molecule has 0 unspecified atom stereocenters. The molecule has 2 aromatic rings.